The van der Waals surface area contributed by atoms with Gasteiger partial charge in [0.05, 0.1) is 12.1 Å². The van der Waals surface area contributed by atoms with E-state index in [1.165, 1.54) is 0 Å². The molecule has 0 radical (unpaired) electrons. The molecule has 5 heteroatoms. The van der Waals surface area contributed by atoms with E-state index in [9.17, 15) is 4.79 Å². The van der Waals surface area contributed by atoms with E-state index in [1.54, 1.807) is 19.2 Å². The quantitative estimate of drug-likeness (QED) is 0.814. The van der Waals surface area contributed by atoms with E-state index < -0.39 is 0 Å². The number of carbonyl (C=O) groups is 1. The lowest BCUT2D eigenvalue weighted by molar-refractivity contribution is -0.124. The van der Waals surface area contributed by atoms with Crippen molar-refractivity contribution in [2.24, 2.45) is 0 Å². The largest absolute Gasteiger partial charge is 0.495 e. The van der Waals surface area contributed by atoms with Crippen molar-refractivity contribution in [3.63, 3.8) is 0 Å². The summed E-state index contributed by atoms with van der Waals surface area (Å²) in [4.78, 5) is 11.6. The number of carbonyl (C=O) groups excluding carboxylic acids is 1. The third-order valence-corrected chi connectivity index (χ3v) is 2.84. The molecule has 1 aromatic carbocycles. The van der Waals surface area contributed by atoms with E-state index in [1.807, 2.05) is 6.07 Å². The van der Waals surface area contributed by atoms with Crippen LogP contribution >= 0.6 is 11.6 Å². The van der Waals surface area contributed by atoms with Gasteiger partial charge in [0.1, 0.15) is 11.8 Å². The van der Waals surface area contributed by atoms with Gasteiger partial charge in [-0.1, -0.05) is 17.7 Å². The molecule has 0 bridgehead atoms. The maximum atomic E-state index is 11.6. The molecule has 1 heterocycles. The van der Waals surface area contributed by atoms with E-state index in [-0.39, 0.29) is 11.9 Å². The number of piperazine rings is 1. The van der Waals surface area contributed by atoms with Crippen LogP contribution in [0.15, 0.2) is 18.2 Å². The standard InChI is InChI=1S/C11H13ClN2O2/c1-16-9-3-2-7(6-8(9)12)10-11(15)14-5-4-13-10/h2-3,6,10,13H,4-5H2,1H3,(H,14,15). The van der Waals surface area contributed by atoms with Crippen LogP contribution in [0.3, 0.4) is 0 Å². The molecule has 2 rings (SSSR count). The summed E-state index contributed by atoms with van der Waals surface area (Å²) >= 11 is 6.01. The fourth-order valence-electron chi connectivity index (χ4n) is 1.73. The summed E-state index contributed by atoms with van der Waals surface area (Å²) in [6.45, 7) is 1.43. The summed E-state index contributed by atoms with van der Waals surface area (Å²) in [6, 6.07) is 5.04. The first-order valence-electron chi connectivity index (χ1n) is 5.07. The van der Waals surface area contributed by atoms with Gasteiger partial charge < -0.3 is 15.4 Å². The zero-order valence-corrected chi connectivity index (χ0v) is 9.67. The van der Waals surface area contributed by atoms with Gasteiger partial charge in [0.25, 0.3) is 0 Å². The lowest BCUT2D eigenvalue weighted by atomic mass is 10.0. The van der Waals surface area contributed by atoms with Gasteiger partial charge in [-0.05, 0) is 17.7 Å². The Morgan fingerprint density at radius 1 is 1.44 bits per heavy atom. The summed E-state index contributed by atoms with van der Waals surface area (Å²) in [5.74, 6) is 0.592. The van der Waals surface area contributed by atoms with Crippen LogP contribution in [0.2, 0.25) is 5.02 Å². The van der Waals surface area contributed by atoms with Crippen molar-refractivity contribution in [2.75, 3.05) is 20.2 Å². The molecule has 1 fully saturated rings. The maximum Gasteiger partial charge on any atom is 0.241 e. The maximum absolute atomic E-state index is 11.6. The highest BCUT2D eigenvalue weighted by Crippen LogP contribution is 2.27. The molecule has 1 aliphatic rings. The number of methoxy groups -OCH3 is 1. The molecule has 1 saturated heterocycles. The lowest BCUT2D eigenvalue weighted by Crippen LogP contribution is -2.47. The summed E-state index contributed by atoms with van der Waals surface area (Å²) < 4.78 is 5.06. The number of benzene rings is 1. The van der Waals surface area contributed by atoms with Crippen molar-refractivity contribution in [1.29, 1.82) is 0 Å². The van der Waals surface area contributed by atoms with Crippen molar-refractivity contribution < 1.29 is 9.53 Å². The topological polar surface area (TPSA) is 50.4 Å². The molecule has 0 spiro atoms. The zero-order chi connectivity index (χ0) is 11.5. The van der Waals surface area contributed by atoms with Gasteiger partial charge in [0.15, 0.2) is 0 Å². The minimum atomic E-state index is -0.322. The van der Waals surface area contributed by atoms with Crippen molar-refractivity contribution >= 4 is 17.5 Å². The zero-order valence-electron chi connectivity index (χ0n) is 8.92. The highest BCUT2D eigenvalue weighted by atomic mass is 35.5. The van der Waals surface area contributed by atoms with Gasteiger partial charge in [-0.2, -0.15) is 0 Å². The van der Waals surface area contributed by atoms with E-state index in [0.29, 0.717) is 17.3 Å². The van der Waals surface area contributed by atoms with E-state index in [4.69, 9.17) is 16.3 Å². The second-order valence-electron chi connectivity index (χ2n) is 3.57. The van der Waals surface area contributed by atoms with Gasteiger partial charge in [0.2, 0.25) is 5.91 Å². The van der Waals surface area contributed by atoms with Crippen molar-refractivity contribution in [2.45, 2.75) is 6.04 Å². The first kappa shape index (κ1) is 11.2. The number of hydrogen-bond donors (Lipinski definition) is 2. The fraction of sp³-hybridized carbons (Fsp3) is 0.364. The van der Waals surface area contributed by atoms with Gasteiger partial charge in [0, 0.05) is 13.1 Å². The number of rotatable bonds is 2. The fourth-order valence-corrected chi connectivity index (χ4v) is 1.99. The van der Waals surface area contributed by atoms with Crippen molar-refractivity contribution in [3.8, 4) is 5.75 Å². The van der Waals surface area contributed by atoms with Gasteiger partial charge in [-0.3, -0.25) is 4.79 Å². The Bertz CT molecular complexity index is 409. The molecule has 1 aromatic rings. The first-order valence-corrected chi connectivity index (χ1v) is 5.44. The molecule has 16 heavy (non-hydrogen) atoms. The molecule has 4 nitrogen and oxygen atoms in total. The van der Waals surface area contributed by atoms with Crippen molar-refractivity contribution in [3.05, 3.63) is 28.8 Å². The number of nitrogens with one attached hydrogen (secondary N) is 2. The van der Waals surface area contributed by atoms with Crippen LogP contribution in [0, 0.1) is 0 Å². The molecule has 0 aromatic heterocycles. The Labute approximate surface area is 98.9 Å². The van der Waals surface area contributed by atoms with Crippen LogP contribution in [-0.4, -0.2) is 26.1 Å². The molecule has 1 aliphatic heterocycles. The third-order valence-electron chi connectivity index (χ3n) is 2.54. The van der Waals surface area contributed by atoms with E-state index >= 15 is 0 Å². The first-order chi connectivity index (χ1) is 7.72. The minimum absolute atomic E-state index is 0.0208. The molecule has 1 atom stereocenters. The summed E-state index contributed by atoms with van der Waals surface area (Å²) in [5, 5.41) is 6.46. The predicted molar refractivity (Wildman–Crippen MR) is 61.8 cm³/mol. The molecule has 1 unspecified atom stereocenters. The molecule has 1 amide bonds. The lowest BCUT2D eigenvalue weighted by Gasteiger charge is -2.24. The molecule has 86 valence electrons. The Balaban J connectivity index is 2.26. The SMILES string of the molecule is COc1ccc(C2NCCNC2=O)cc1Cl. The minimum Gasteiger partial charge on any atom is -0.495 e. The van der Waals surface area contributed by atoms with Crippen LogP contribution in [0.5, 0.6) is 5.75 Å². The van der Waals surface area contributed by atoms with Crippen LogP contribution in [-0.2, 0) is 4.79 Å². The number of halogens is 1. The highest BCUT2D eigenvalue weighted by Gasteiger charge is 2.23. The molecular formula is C11H13ClN2O2. The van der Waals surface area contributed by atoms with Crippen LogP contribution in [0.1, 0.15) is 11.6 Å². The average Bonchev–Trinajstić information content (AvgIpc) is 2.29. The normalized spacial score (nSPS) is 20.4. The van der Waals surface area contributed by atoms with Crippen LogP contribution in [0.25, 0.3) is 0 Å². The average molecular weight is 241 g/mol. The highest BCUT2D eigenvalue weighted by molar-refractivity contribution is 6.32. The van der Waals surface area contributed by atoms with Crippen molar-refractivity contribution in [1.82, 2.24) is 10.6 Å². The monoisotopic (exact) mass is 240 g/mol. The number of amides is 1. The molecule has 2 N–H and O–H groups in total. The van der Waals surface area contributed by atoms with Gasteiger partial charge in [-0.25, -0.2) is 0 Å². The number of ether oxygens (including phenoxy) is 1. The summed E-state index contributed by atoms with van der Waals surface area (Å²) in [6.07, 6.45) is 0. The Morgan fingerprint density at radius 3 is 2.88 bits per heavy atom. The van der Waals surface area contributed by atoms with Crippen LogP contribution < -0.4 is 15.4 Å². The van der Waals surface area contributed by atoms with Gasteiger partial charge in [-0.15, -0.1) is 0 Å². The van der Waals surface area contributed by atoms with Gasteiger partial charge >= 0.3 is 0 Å². The Hall–Kier alpha value is -1.26. The predicted octanol–water partition coefficient (Wildman–Crippen LogP) is 1.11. The molecule has 0 aliphatic carbocycles. The second-order valence-corrected chi connectivity index (χ2v) is 3.98. The molecule has 0 saturated carbocycles. The van der Waals surface area contributed by atoms with E-state index in [0.717, 1.165) is 12.1 Å². The molecular weight excluding hydrogens is 228 g/mol. The Kier molecular flexibility index (Phi) is 3.31. The summed E-state index contributed by atoms with van der Waals surface area (Å²) in [7, 11) is 1.56. The van der Waals surface area contributed by atoms with E-state index in [2.05, 4.69) is 10.6 Å². The second kappa shape index (κ2) is 4.72. The van der Waals surface area contributed by atoms with Crippen LogP contribution in [0.4, 0.5) is 0 Å². The third kappa shape index (κ3) is 2.13. The number of hydrogen-bond acceptors (Lipinski definition) is 3. The smallest absolute Gasteiger partial charge is 0.241 e. The summed E-state index contributed by atoms with van der Waals surface area (Å²) in [5.41, 5.74) is 0.850. The Morgan fingerprint density at radius 2 is 2.25 bits per heavy atom.